The summed E-state index contributed by atoms with van der Waals surface area (Å²) in [5.74, 6) is 1.58. The van der Waals surface area contributed by atoms with Crippen molar-refractivity contribution in [3.8, 4) is 17.1 Å². The van der Waals surface area contributed by atoms with Gasteiger partial charge in [0.05, 0.1) is 14.2 Å². The Kier molecular flexibility index (Phi) is 6.46. The predicted molar refractivity (Wildman–Crippen MR) is 99.7 cm³/mol. The van der Waals surface area contributed by atoms with Crippen LogP contribution in [0.4, 0.5) is 4.79 Å². The molecule has 1 aromatic heterocycles. The van der Waals surface area contributed by atoms with Gasteiger partial charge in [-0.15, -0.1) is 0 Å². The third-order valence-corrected chi connectivity index (χ3v) is 4.68. The van der Waals surface area contributed by atoms with Crippen LogP contribution in [-0.4, -0.2) is 60.4 Å². The van der Waals surface area contributed by atoms with Gasteiger partial charge in [-0.05, 0) is 37.1 Å². The van der Waals surface area contributed by atoms with Crippen molar-refractivity contribution in [1.82, 2.24) is 20.4 Å². The van der Waals surface area contributed by atoms with Crippen molar-refractivity contribution in [3.63, 3.8) is 0 Å². The highest BCUT2D eigenvalue weighted by Gasteiger charge is 2.24. The number of carbonyl (C=O) groups excluding carboxylic acids is 2. The van der Waals surface area contributed by atoms with E-state index in [0.29, 0.717) is 44.1 Å². The average Bonchev–Trinajstić information content (AvgIpc) is 3.21. The molecule has 1 fully saturated rings. The summed E-state index contributed by atoms with van der Waals surface area (Å²) in [6.45, 7) is 1.15. The number of nitrogens with zero attached hydrogens (tertiary/aromatic N) is 3. The average molecular weight is 388 g/mol. The van der Waals surface area contributed by atoms with E-state index in [9.17, 15) is 9.59 Å². The van der Waals surface area contributed by atoms with Crippen molar-refractivity contribution in [2.75, 3.05) is 27.3 Å². The maximum absolute atomic E-state index is 12.2. The molecule has 28 heavy (non-hydrogen) atoms. The Hall–Kier alpha value is -3.10. The number of amides is 2. The summed E-state index contributed by atoms with van der Waals surface area (Å²) in [7, 11) is 2.97. The molecule has 2 aromatic rings. The van der Waals surface area contributed by atoms with E-state index in [0.717, 1.165) is 11.3 Å². The van der Waals surface area contributed by atoms with Gasteiger partial charge in [0.1, 0.15) is 5.75 Å². The molecule has 0 atom stereocenters. The van der Waals surface area contributed by atoms with E-state index >= 15 is 0 Å². The Labute approximate surface area is 163 Å². The number of benzene rings is 1. The topological polar surface area (TPSA) is 107 Å². The molecular formula is C19H24N4O5. The van der Waals surface area contributed by atoms with Crippen LogP contribution >= 0.6 is 0 Å². The summed E-state index contributed by atoms with van der Waals surface area (Å²) in [4.78, 5) is 29.6. The highest BCUT2D eigenvalue weighted by atomic mass is 16.5. The fourth-order valence-corrected chi connectivity index (χ4v) is 3.07. The SMILES string of the molecule is COC(=O)N1CCC(NC(=O)CCc2nc(-c3ccc(OC)cc3)no2)CC1. The van der Waals surface area contributed by atoms with Crippen molar-refractivity contribution >= 4 is 12.0 Å². The van der Waals surface area contributed by atoms with E-state index < -0.39 is 0 Å². The Morgan fingerprint density at radius 1 is 1.21 bits per heavy atom. The summed E-state index contributed by atoms with van der Waals surface area (Å²) in [6.07, 6.45) is 1.73. The van der Waals surface area contributed by atoms with Crippen LogP contribution in [0.3, 0.4) is 0 Å². The van der Waals surface area contributed by atoms with Crippen LogP contribution in [-0.2, 0) is 16.0 Å². The lowest BCUT2D eigenvalue weighted by atomic mass is 10.1. The number of piperidine rings is 1. The number of ether oxygens (including phenoxy) is 2. The largest absolute Gasteiger partial charge is 0.497 e. The van der Waals surface area contributed by atoms with E-state index in [2.05, 4.69) is 15.5 Å². The summed E-state index contributed by atoms with van der Waals surface area (Å²) >= 11 is 0. The first-order valence-corrected chi connectivity index (χ1v) is 9.18. The van der Waals surface area contributed by atoms with Gasteiger partial charge in [-0.25, -0.2) is 4.79 Å². The lowest BCUT2D eigenvalue weighted by Crippen LogP contribution is -2.46. The van der Waals surface area contributed by atoms with Crippen molar-refractivity contribution < 1.29 is 23.6 Å². The molecule has 0 aliphatic carbocycles. The Morgan fingerprint density at radius 3 is 2.57 bits per heavy atom. The van der Waals surface area contributed by atoms with Gasteiger partial charge in [0.15, 0.2) is 0 Å². The minimum atomic E-state index is -0.325. The number of likely N-dealkylation sites (tertiary alicyclic amines) is 1. The van der Waals surface area contributed by atoms with Gasteiger partial charge in [-0.1, -0.05) is 5.16 Å². The van der Waals surface area contributed by atoms with Crippen molar-refractivity contribution in [2.24, 2.45) is 0 Å². The van der Waals surface area contributed by atoms with Crippen molar-refractivity contribution in [2.45, 2.75) is 31.7 Å². The molecule has 1 saturated heterocycles. The van der Waals surface area contributed by atoms with Crippen LogP contribution in [0.2, 0.25) is 0 Å². The van der Waals surface area contributed by atoms with E-state index in [-0.39, 0.29) is 24.5 Å². The molecule has 1 aliphatic rings. The van der Waals surface area contributed by atoms with Crippen LogP contribution in [0.1, 0.15) is 25.2 Å². The molecular weight excluding hydrogens is 364 g/mol. The molecule has 9 heteroatoms. The zero-order valence-corrected chi connectivity index (χ0v) is 16.0. The molecule has 0 bridgehead atoms. The lowest BCUT2D eigenvalue weighted by Gasteiger charge is -2.31. The van der Waals surface area contributed by atoms with E-state index in [1.165, 1.54) is 7.11 Å². The standard InChI is InChI=1S/C19H24N4O5/c1-26-15-5-3-13(4-6-15)18-21-17(28-22-18)8-7-16(24)20-14-9-11-23(12-10-14)19(25)27-2/h3-6,14H,7-12H2,1-2H3,(H,20,24). The second-order valence-corrected chi connectivity index (χ2v) is 6.54. The first kappa shape index (κ1) is 19.7. The second kappa shape index (κ2) is 9.20. The molecule has 2 amide bonds. The molecule has 9 nitrogen and oxygen atoms in total. The summed E-state index contributed by atoms with van der Waals surface area (Å²) in [5, 5.41) is 6.96. The number of rotatable bonds is 6. The maximum atomic E-state index is 12.2. The number of aryl methyl sites for hydroxylation is 1. The molecule has 1 aromatic carbocycles. The normalized spacial score (nSPS) is 14.6. The Balaban J connectivity index is 1.44. The van der Waals surface area contributed by atoms with E-state index in [1.807, 2.05) is 24.3 Å². The van der Waals surface area contributed by atoms with Crippen LogP contribution < -0.4 is 10.1 Å². The zero-order chi connectivity index (χ0) is 19.9. The predicted octanol–water partition coefficient (Wildman–Crippen LogP) is 2.02. The summed E-state index contributed by atoms with van der Waals surface area (Å²) < 4.78 is 15.1. The molecule has 0 radical (unpaired) electrons. The number of methoxy groups -OCH3 is 2. The van der Waals surface area contributed by atoms with Crippen LogP contribution in [0.25, 0.3) is 11.4 Å². The Bertz CT molecular complexity index is 797. The molecule has 150 valence electrons. The number of aromatic nitrogens is 2. The fraction of sp³-hybridized carbons (Fsp3) is 0.474. The number of hydrogen-bond donors (Lipinski definition) is 1. The number of carbonyl (C=O) groups is 2. The fourth-order valence-electron chi connectivity index (χ4n) is 3.07. The second-order valence-electron chi connectivity index (χ2n) is 6.54. The molecule has 2 heterocycles. The first-order chi connectivity index (χ1) is 13.6. The van der Waals surface area contributed by atoms with Gasteiger partial charge in [-0.3, -0.25) is 4.79 Å². The highest BCUT2D eigenvalue weighted by molar-refractivity contribution is 5.76. The first-order valence-electron chi connectivity index (χ1n) is 9.18. The zero-order valence-electron chi connectivity index (χ0n) is 16.0. The van der Waals surface area contributed by atoms with Gasteiger partial charge in [0.2, 0.25) is 17.6 Å². The summed E-state index contributed by atoms with van der Waals surface area (Å²) in [5.41, 5.74) is 0.817. The van der Waals surface area contributed by atoms with E-state index in [1.54, 1.807) is 12.0 Å². The van der Waals surface area contributed by atoms with Crippen LogP contribution in [0.5, 0.6) is 5.75 Å². The minimum absolute atomic E-state index is 0.0611. The maximum Gasteiger partial charge on any atom is 0.409 e. The van der Waals surface area contributed by atoms with E-state index in [4.69, 9.17) is 14.0 Å². The molecule has 0 spiro atoms. The van der Waals surface area contributed by atoms with Crippen LogP contribution in [0.15, 0.2) is 28.8 Å². The third-order valence-electron chi connectivity index (χ3n) is 4.68. The highest BCUT2D eigenvalue weighted by Crippen LogP contribution is 2.20. The van der Waals surface area contributed by atoms with Gasteiger partial charge >= 0.3 is 6.09 Å². The quantitative estimate of drug-likeness (QED) is 0.807. The van der Waals surface area contributed by atoms with Gasteiger partial charge in [0, 0.05) is 37.5 Å². The lowest BCUT2D eigenvalue weighted by molar-refractivity contribution is -0.122. The van der Waals surface area contributed by atoms with Crippen LogP contribution in [0, 0.1) is 0 Å². The molecule has 0 saturated carbocycles. The van der Waals surface area contributed by atoms with Crippen molar-refractivity contribution in [3.05, 3.63) is 30.2 Å². The number of hydrogen-bond acceptors (Lipinski definition) is 7. The number of nitrogens with one attached hydrogen (secondary N) is 1. The molecule has 1 N–H and O–H groups in total. The van der Waals surface area contributed by atoms with Crippen molar-refractivity contribution in [1.29, 1.82) is 0 Å². The van der Waals surface area contributed by atoms with Gasteiger partial charge < -0.3 is 24.2 Å². The molecule has 1 aliphatic heterocycles. The molecule has 3 rings (SSSR count). The minimum Gasteiger partial charge on any atom is -0.497 e. The third kappa shape index (κ3) is 4.99. The van der Waals surface area contributed by atoms with Gasteiger partial charge in [0.25, 0.3) is 0 Å². The summed E-state index contributed by atoms with van der Waals surface area (Å²) in [6, 6.07) is 7.40. The Morgan fingerprint density at radius 2 is 1.93 bits per heavy atom. The van der Waals surface area contributed by atoms with Gasteiger partial charge in [-0.2, -0.15) is 4.98 Å². The monoisotopic (exact) mass is 388 g/mol. The molecule has 0 unspecified atom stereocenters. The smallest absolute Gasteiger partial charge is 0.409 e.